The molecule has 0 spiro atoms. The van der Waals surface area contributed by atoms with Crippen molar-refractivity contribution >= 4 is 9.76 Å². The molecule has 0 aliphatic carbocycles. The molecule has 2 heteroatoms. The lowest BCUT2D eigenvalue weighted by Gasteiger charge is -2.19. The van der Waals surface area contributed by atoms with Crippen molar-refractivity contribution in [1.29, 1.82) is 0 Å². The van der Waals surface area contributed by atoms with Crippen LogP contribution >= 0.6 is 0 Å². The number of hydrogen-bond donors (Lipinski definition) is 0. The van der Waals surface area contributed by atoms with Gasteiger partial charge in [-0.1, -0.05) is 56.3 Å². The topological polar surface area (TPSA) is 9.23 Å². The van der Waals surface area contributed by atoms with Crippen molar-refractivity contribution in [2.75, 3.05) is 0 Å². The monoisotopic (exact) mass is 288 g/mol. The Morgan fingerprint density at radius 3 is 2.20 bits per heavy atom. The van der Waals surface area contributed by atoms with Crippen LogP contribution in [-0.4, -0.2) is 9.76 Å². The molecule has 0 heterocycles. The Morgan fingerprint density at radius 2 is 1.70 bits per heavy atom. The number of rotatable bonds is 5. The van der Waals surface area contributed by atoms with E-state index in [4.69, 9.17) is 4.43 Å². The maximum Gasteiger partial charge on any atom is 0.243 e. The zero-order chi connectivity index (χ0) is 15.2. The van der Waals surface area contributed by atoms with Crippen molar-refractivity contribution in [3.05, 3.63) is 58.5 Å². The summed E-state index contributed by atoms with van der Waals surface area (Å²) in [5.41, 5.74) is 7.81. The van der Waals surface area contributed by atoms with Gasteiger partial charge in [0.25, 0.3) is 0 Å². The summed E-state index contributed by atoms with van der Waals surface area (Å²) in [4.78, 5) is 0. The van der Waals surface area contributed by atoms with E-state index in [9.17, 15) is 0 Å². The summed E-state index contributed by atoms with van der Waals surface area (Å²) >= 11 is 0. The zero-order valence-electron chi connectivity index (χ0n) is 13.8. The van der Waals surface area contributed by atoms with Gasteiger partial charge in [-0.15, -0.1) is 0 Å². The van der Waals surface area contributed by atoms with Crippen LogP contribution < -0.4 is 0 Å². The van der Waals surface area contributed by atoms with Crippen LogP contribution in [0.3, 0.4) is 0 Å². The smallest absolute Gasteiger partial charge is 0.243 e. The first-order valence-electron chi connectivity index (χ1n) is 7.29. The summed E-state index contributed by atoms with van der Waals surface area (Å²) in [5.74, 6) is 0. The minimum Gasteiger partial charge on any atom is -0.551 e. The molecule has 0 saturated heterocycles. The molecule has 0 aliphatic heterocycles. The molecule has 0 bridgehead atoms. The first-order chi connectivity index (χ1) is 9.29. The molecule has 0 aromatic heterocycles. The summed E-state index contributed by atoms with van der Waals surface area (Å²) in [5, 5.41) is 0. The van der Waals surface area contributed by atoms with Crippen molar-refractivity contribution < 1.29 is 4.43 Å². The van der Waals surface area contributed by atoms with Crippen LogP contribution in [0.5, 0.6) is 0 Å². The highest BCUT2D eigenvalue weighted by Crippen LogP contribution is 2.22. The van der Waals surface area contributed by atoms with Gasteiger partial charge >= 0.3 is 0 Å². The normalized spacial score (nSPS) is 12.8. The zero-order valence-corrected chi connectivity index (χ0v) is 15.2. The highest BCUT2D eigenvalue weighted by atomic mass is 28.2. The number of benzene rings is 1. The Balaban J connectivity index is 2.56. The van der Waals surface area contributed by atoms with Gasteiger partial charge in [0, 0.05) is 0 Å². The Kier molecular flexibility index (Phi) is 6.28. The van der Waals surface area contributed by atoms with Crippen molar-refractivity contribution in [2.45, 2.75) is 53.4 Å². The van der Waals surface area contributed by atoms with Crippen LogP contribution in [0.2, 0.25) is 0 Å². The Hall–Kier alpha value is -1.28. The van der Waals surface area contributed by atoms with Crippen LogP contribution in [0.25, 0.3) is 0 Å². The first kappa shape index (κ1) is 16.8. The molecule has 0 aliphatic rings. The summed E-state index contributed by atoms with van der Waals surface area (Å²) < 4.78 is 5.66. The molecule has 1 aromatic rings. The standard InChI is InChI=1S/C18H28OSi/c1-14(2)13-20-19-12-15(3)11-16-7-9-17(10-8-16)18(4,5)6/h7-10,12-13H,11,20H2,1-6H3. The van der Waals surface area contributed by atoms with E-state index in [2.05, 4.69) is 71.5 Å². The Morgan fingerprint density at radius 1 is 1.10 bits per heavy atom. The lowest BCUT2D eigenvalue weighted by Crippen LogP contribution is -2.10. The summed E-state index contributed by atoms with van der Waals surface area (Å²) in [6, 6.07) is 8.93. The molecule has 110 valence electrons. The molecule has 0 fully saturated rings. The Bertz CT molecular complexity index is 471. The number of hydrogen-bond acceptors (Lipinski definition) is 1. The lowest BCUT2D eigenvalue weighted by atomic mass is 9.86. The molecular formula is C18H28OSi. The van der Waals surface area contributed by atoms with E-state index in [1.807, 2.05) is 6.26 Å². The fourth-order valence-electron chi connectivity index (χ4n) is 1.89. The van der Waals surface area contributed by atoms with Gasteiger partial charge in [-0.3, -0.25) is 0 Å². The maximum atomic E-state index is 5.66. The van der Waals surface area contributed by atoms with E-state index < -0.39 is 9.76 Å². The van der Waals surface area contributed by atoms with Gasteiger partial charge in [0.1, 0.15) is 0 Å². The maximum absolute atomic E-state index is 5.66. The summed E-state index contributed by atoms with van der Waals surface area (Å²) in [6.45, 7) is 13.1. The van der Waals surface area contributed by atoms with Crippen molar-refractivity contribution in [1.82, 2.24) is 0 Å². The summed E-state index contributed by atoms with van der Waals surface area (Å²) in [7, 11) is -0.532. The predicted molar refractivity (Wildman–Crippen MR) is 91.7 cm³/mol. The van der Waals surface area contributed by atoms with E-state index >= 15 is 0 Å². The third-order valence-electron chi connectivity index (χ3n) is 3.18. The van der Waals surface area contributed by atoms with Gasteiger partial charge in [0.05, 0.1) is 6.26 Å². The molecule has 0 unspecified atom stereocenters. The highest BCUT2D eigenvalue weighted by molar-refractivity contribution is 6.34. The van der Waals surface area contributed by atoms with Crippen molar-refractivity contribution in [2.24, 2.45) is 0 Å². The quantitative estimate of drug-likeness (QED) is 0.442. The van der Waals surface area contributed by atoms with Crippen LogP contribution in [0.15, 0.2) is 47.4 Å². The van der Waals surface area contributed by atoms with E-state index in [0.29, 0.717) is 0 Å². The Labute approximate surface area is 126 Å². The average molecular weight is 289 g/mol. The van der Waals surface area contributed by atoms with Gasteiger partial charge in [-0.05, 0) is 49.3 Å². The second kappa shape index (κ2) is 7.49. The third kappa shape index (κ3) is 6.24. The SMILES string of the molecule is CC(C)=C[SiH2]OC=C(C)Cc1ccc(C(C)(C)C)cc1. The number of allylic oxidation sites excluding steroid dienone is 2. The van der Waals surface area contributed by atoms with Gasteiger partial charge in [-0.2, -0.15) is 0 Å². The molecule has 0 radical (unpaired) electrons. The summed E-state index contributed by atoms with van der Waals surface area (Å²) in [6.07, 6.45) is 2.90. The molecule has 1 rings (SSSR count). The van der Waals surface area contributed by atoms with Gasteiger partial charge < -0.3 is 4.43 Å². The second-order valence-corrected chi connectivity index (χ2v) is 7.78. The van der Waals surface area contributed by atoms with Gasteiger partial charge in [0.15, 0.2) is 0 Å². The molecular weight excluding hydrogens is 260 g/mol. The molecule has 0 saturated carbocycles. The largest absolute Gasteiger partial charge is 0.551 e. The van der Waals surface area contributed by atoms with Crippen molar-refractivity contribution in [3.63, 3.8) is 0 Å². The third-order valence-corrected chi connectivity index (χ3v) is 4.52. The molecule has 0 atom stereocenters. The van der Waals surface area contributed by atoms with E-state index in [0.717, 1.165) is 6.42 Å². The molecule has 1 aromatic carbocycles. The minimum atomic E-state index is -0.532. The minimum absolute atomic E-state index is 0.225. The van der Waals surface area contributed by atoms with Gasteiger partial charge in [0.2, 0.25) is 9.76 Å². The first-order valence-corrected chi connectivity index (χ1v) is 8.68. The molecule has 1 nitrogen and oxygen atoms in total. The van der Waals surface area contributed by atoms with E-state index in [1.165, 1.54) is 22.3 Å². The fraction of sp³-hybridized carbons (Fsp3) is 0.444. The van der Waals surface area contributed by atoms with Crippen LogP contribution in [-0.2, 0) is 16.3 Å². The van der Waals surface area contributed by atoms with Crippen LogP contribution in [0.1, 0.15) is 52.7 Å². The van der Waals surface area contributed by atoms with Crippen LogP contribution in [0.4, 0.5) is 0 Å². The van der Waals surface area contributed by atoms with E-state index in [-0.39, 0.29) is 5.41 Å². The molecule has 0 N–H and O–H groups in total. The van der Waals surface area contributed by atoms with Gasteiger partial charge in [-0.25, -0.2) is 0 Å². The second-order valence-electron chi connectivity index (χ2n) is 6.70. The predicted octanol–water partition coefficient (Wildman–Crippen LogP) is 4.45. The van der Waals surface area contributed by atoms with Crippen LogP contribution in [0, 0.1) is 0 Å². The highest BCUT2D eigenvalue weighted by Gasteiger charge is 2.12. The lowest BCUT2D eigenvalue weighted by molar-refractivity contribution is 0.514. The van der Waals surface area contributed by atoms with E-state index in [1.54, 1.807) is 0 Å². The fourth-order valence-corrected chi connectivity index (χ4v) is 2.70. The average Bonchev–Trinajstić information content (AvgIpc) is 2.34. The molecule has 0 amide bonds. The van der Waals surface area contributed by atoms with Crippen molar-refractivity contribution in [3.8, 4) is 0 Å². The molecule has 20 heavy (non-hydrogen) atoms.